The van der Waals surface area contributed by atoms with Gasteiger partial charge in [-0.3, -0.25) is 9.78 Å². The normalized spacial score (nSPS) is 18.1. The van der Waals surface area contributed by atoms with Gasteiger partial charge < -0.3 is 19.7 Å². The van der Waals surface area contributed by atoms with E-state index < -0.39 is 11.6 Å². The van der Waals surface area contributed by atoms with Gasteiger partial charge in [-0.15, -0.1) is 0 Å². The molecule has 2 heterocycles. The Morgan fingerprint density at radius 3 is 2.61 bits per heavy atom. The lowest BCUT2D eigenvalue weighted by Gasteiger charge is -2.19. The van der Waals surface area contributed by atoms with Crippen LogP contribution in [0.25, 0.3) is 11.1 Å². The van der Waals surface area contributed by atoms with Gasteiger partial charge in [0.05, 0.1) is 25.2 Å². The summed E-state index contributed by atoms with van der Waals surface area (Å²) >= 11 is 0. The third-order valence-corrected chi connectivity index (χ3v) is 7.86. The van der Waals surface area contributed by atoms with Crippen LogP contribution in [-0.4, -0.2) is 40.0 Å². The Kier molecular flexibility index (Phi) is 7.19. The zero-order valence-electron chi connectivity index (χ0n) is 22.7. The molecule has 2 atom stereocenters. The van der Waals surface area contributed by atoms with E-state index in [1.807, 2.05) is 12.3 Å². The molecule has 0 unspecified atom stereocenters. The minimum atomic E-state index is -0.813. The summed E-state index contributed by atoms with van der Waals surface area (Å²) in [4.78, 5) is 15.9. The van der Waals surface area contributed by atoms with Crippen molar-refractivity contribution in [2.24, 2.45) is 0 Å². The molecule has 6 heteroatoms. The quantitative estimate of drug-likeness (QED) is 0.356. The molecule has 38 heavy (non-hydrogen) atoms. The number of hydrogen-bond acceptors (Lipinski definition) is 5. The molecule has 2 aliphatic rings. The van der Waals surface area contributed by atoms with Crippen molar-refractivity contribution in [3.8, 4) is 22.6 Å². The Morgan fingerprint density at radius 2 is 1.89 bits per heavy atom. The van der Waals surface area contributed by atoms with Gasteiger partial charge in [0.2, 0.25) is 0 Å². The minimum Gasteiger partial charge on any atom is -0.493 e. The summed E-state index contributed by atoms with van der Waals surface area (Å²) in [6.07, 6.45) is 5.40. The first-order valence-electron chi connectivity index (χ1n) is 13.5. The first-order valence-corrected chi connectivity index (χ1v) is 13.5. The number of carboxylic acid groups (broad SMARTS) is 1. The predicted octanol–water partition coefficient (Wildman–Crippen LogP) is 6.13. The Balaban J connectivity index is 1.35. The number of aryl methyl sites for hydroxylation is 2. The van der Waals surface area contributed by atoms with Gasteiger partial charge >= 0.3 is 5.97 Å². The second kappa shape index (κ2) is 10.4. The molecule has 1 aromatic heterocycles. The monoisotopic (exact) mass is 515 g/mol. The van der Waals surface area contributed by atoms with Crippen LogP contribution in [0, 0.1) is 13.8 Å². The number of pyridine rings is 1. The van der Waals surface area contributed by atoms with Crippen molar-refractivity contribution in [1.82, 2.24) is 4.98 Å². The van der Waals surface area contributed by atoms with Crippen LogP contribution in [0.15, 0.2) is 42.6 Å². The zero-order valence-corrected chi connectivity index (χ0v) is 22.7. The Labute approximate surface area is 224 Å². The zero-order chi connectivity index (χ0) is 27.0. The molecule has 6 nitrogen and oxygen atoms in total. The second-order valence-corrected chi connectivity index (χ2v) is 11.5. The number of hydrogen-bond donors (Lipinski definition) is 2. The molecule has 0 saturated heterocycles. The van der Waals surface area contributed by atoms with Gasteiger partial charge in [0.25, 0.3) is 0 Å². The molecule has 0 bridgehead atoms. The van der Waals surface area contributed by atoms with Gasteiger partial charge in [-0.1, -0.05) is 18.2 Å². The Morgan fingerprint density at radius 1 is 1.13 bits per heavy atom. The second-order valence-electron chi connectivity index (χ2n) is 11.5. The van der Waals surface area contributed by atoms with Crippen molar-refractivity contribution in [3.05, 3.63) is 76.1 Å². The number of carbonyl (C=O) groups is 1. The number of fused-ring (bicyclic) bond motifs is 2. The fourth-order valence-electron chi connectivity index (χ4n) is 5.98. The van der Waals surface area contributed by atoms with E-state index in [4.69, 9.17) is 19.6 Å². The molecule has 0 fully saturated rings. The molecule has 2 aromatic carbocycles. The summed E-state index contributed by atoms with van der Waals surface area (Å²) in [6.45, 7) is 8.76. The number of nitrogens with zero attached hydrogens (tertiary/aromatic N) is 1. The van der Waals surface area contributed by atoms with Crippen LogP contribution in [0.2, 0.25) is 0 Å². The van der Waals surface area contributed by atoms with Crippen molar-refractivity contribution in [3.63, 3.8) is 0 Å². The molecular weight excluding hydrogens is 478 g/mol. The molecular formula is C32H37NO5. The molecule has 1 aliphatic heterocycles. The maximum atomic E-state index is 11.2. The van der Waals surface area contributed by atoms with E-state index in [-0.39, 0.29) is 12.3 Å². The third-order valence-electron chi connectivity index (χ3n) is 7.86. The Hall–Kier alpha value is -3.38. The maximum absolute atomic E-state index is 11.2. The number of aromatic nitrogens is 1. The largest absolute Gasteiger partial charge is 0.493 e. The number of carboxylic acids is 1. The summed E-state index contributed by atoms with van der Waals surface area (Å²) < 4.78 is 11.8. The molecule has 5 rings (SSSR count). The van der Waals surface area contributed by atoms with Gasteiger partial charge in [0.15, 0.2) is 0 Å². The minimum absolute atomic E-state index is 0.0690. The van der Waals surface area contributed by atoms with E-state index in [0.717, 1.165) is 42.0 Å². The molecule has 200 valence electrons. The van der Waals surface area contributed by atoms with Crippen LogP contribution in [0.3, 0.4) is 0 Å². The SMILES string of the molecule is Cc1cc(OCCC(C)(C)O)cc(C)c1-c1cccc2c1CC[C@H]2Cc1cc2c(cn1)[C@@H](CC(=O)O)CO2. The highest BCUT2D eigenvalue weighted by Crippen LogP contribution is 2.43. The smallest absolute Gasteiger partial charge is 0.304 e. The van der Waals surface area contributed by atoms with Crippen molar-refractivity contribution in [2.75, 3.05) is 13.2 Å². The van der Waals surface area contributed by atoms with E-state index in [2.05, 4.69) is 44.2 Å². The van der Waals surface area contributed by atoms with Crippen molar-refractivity contribution < 1.29 is 24.5 Å². The van der Waals surface area contributed by atoms with Crippen LogP contribution in [0.5, 0.6) is 11.5 Å². The van der Waals surface area contributed by atoms with E-state index in [9.17, 15) is 9.90 Å². The Bertz CT molecular complexity index is 1330. The summed E-state index contributed by atoms with van der Waals surface area (Å²) in [7, 11) is 0. The van der Waals surface area contributed by atoms with Gasteiger partial charge in [0.1, 0.15) is 11.5 Å². The third kappa shape index (κ3) is 5.56. The van der Waals surface area contributed by atoms with Crippen LogP contribution in [0.4, 0.5) is 0 Å². The van der Waals surface area contributed by atoms with E-state index >= 15 is 0 Å². The number of benzene rings is 2. The topological polar surface area (TPSA) is 88.9 Å². The molecule has 0 radical (unpaired) electrons. The lowest BCUT2D eigenvalue weighted by molar-refractivity contribution is -0.137. The van der Waals surface area contributed by atoms with E-state index in [1.54, 1.807) is 13.8 Å². The first-order chi connectivity index (χ1) is 18.1. The lowest BCUT2D eigenvalue weighted by atomic mass is 9.89. The fourth-order valence-corrected chi connectivity index (χ4v) is 5.98. The molecule has 0 spiro atoms. The van der Waals surface area contributed by atoms with Crippen LogP contribution in [0.1, 0.15) is 78.5 Å². The first kappa shape index (κ1) is 26.2. The highest BCUT2D eigenvalue weighted by Gasteiger charge is 2.30. The average Bonchev–Trinajstić information content (AvgIpc) is 3.42. The van der Waals surface area contributed by atoms with Crippen molar-refractivity contribution in [1.29, 1.82) is 0 Å². The number of ether oxygens (including phenoxy) is 2. The fraction of sp³-hybridized carbons (Fsp3) is 0.438. The van der Waals surface area contributed by atoms with Crippen LogP contribution < -0.4 is 9.47 Å². The lowest BCUT2D eigenvalue weighted by Crippen LogP contribution is -2.21. The van der Waals surface area contributed by atoms with Gasteiger partial charge in [-0.2, -0.15) is 0 Å². The van der Waals surface area contributed by atoms with E-state index in [1.165, 1.54) is 33.4 Å². The maximum Gasteiger partial charge on any atom is 0.304 e. The van der Waals surface area contributed by atoms with Crippen molar-refractivity contribution in [2.45, 2.75) is 77.2 Å². The highest BCUT2D eigenvalue weighted by molar-refractivity contribution is 5.76. The average molecular weight is 516 g/mol. The van der Waals surface area contributed by atoms with Gasteiger partial charge in [0, 0.05) is 35.9 Å². The number of rotatable bonds is 9. The predicted molar refractivity (Wildman–Crippen MR) is 147 cm³/mol. The summed E-state index contributed by atoms with van der Waals surface area (Å²) in [5, 5.41) is 19.1. The molecule has 0 saturated carbocycles. The van der Waals surface area contributed by atoms with E-state index in [0.29, 0.717) is 25.6 Å². The standard InChI is InChI=1S/C32H37NO5/c1-19-12-24(37-11-10-32(3,4)36)13-20(2)31(19)27-7-5-6-25-21(8-9-26(25)27)14-23-16-29-28(17-33-23)22(18-38-29)15-30(34)35/h5-7,12-13,16-17,21-22,36H,8-11,14-15,18H2,1-4H3,(H,34,35)/t21-,22-/m0/s1. The number of aliphatic carboxylic acids is 1. The van der Waals surface area contributed by atoms with Gasteiger partial charge in [-0.05, 0) is 98.4 Å². The van der Waals surface area contributed by atoms with Crippen molar-refractivity contribution >= 4 is 5.97 Å². The molecule has 2 N–H and O–H groups in total. The summed E-state index contributed by atoms with van der Waals surface area (Å²) in [5.74, 6) is 1.07. The summed E-state index contributed by atoms with van der Waals surface area (Å²) in [6, 6.07) is 12.9. The molecule has 3 aromatic rings. The van der Waals surface area contributed by atoms with Crippen LogP contribution in [-0.2, 0) is 17.6 Å². The highest BCUT2D eigenvalue weighted by atomic mass is 16.5. The van der Waals surface area contributed by atoms with Crippen LogP contribution >= 0.6 is 0 Å². The molecule has 0 amide bonds. The summed E-state index contributed by atoms with van der Waals surface area (Å²) in [5.41, 5.74) is 8.90. The molecule has 1 aliphatic carbocycles. The van der Waals surface area contributed by atoms with Gasteiger partial charge in [-0.25, -0.2) is 0 Å². The number of aliphatic hydroxyl groups is 1.